The van der Waals surface area contributed by atoms with Gasteiger partial charge in [0.25, 0.3) is 5.91 Å². The molecule has 1 aliphatic heterocycles. The van der Waals surface area contributed by atoms with Crippen molar-refractivity contribution >= 4 is 29.4 Å². The molecule has 1 unspecified atom stereocenters. The third-order valence-electron chi connectivity index (χ3n) is 5.03. The first-order valence-electron chi connectivity index (χ1n) is 9.59. The molecule has 0 spiro atoms. The van der Waals surface area contributed by atoms with E-state index in [0.717, 1.165) is 11.0 Å². The normalized spacial score (nSPS) is 17.8. The van der Waals surface area contributed by atoms with Crippen LogP contribution in [-0.4, -0.2) is 41.7 Å². The van der Waals surface area contributed by atoms with Crippen molar-refractivity contribution in [3.8, 4) is 0 Å². The van der Waals surface area contributed by atoms with E-state index in [2.05, 4.69) is 10.6 Å². The highest BCUT2D eigenvalue weighted by Crippen LogP contribution is 2.32. The Labute approximate surface area is 180 Å². The van der Waals surface area contributed by atoms with Gasteiger partial charge in [0, 0.05) is 0 Å². The van der Waals surface area contributed by atoms with Crippen LogP contribution in [0.4, 0.5) is 23.7 Å². The van der Waals surface area contributed by atoms with Crippen LogP contribution >= 0.6 is 0 Å². The third kappa shape index (κ3) is 4.27. The number of amides is 5. The van der Waals surface area contributed by atoms with E-state index in [1.54, 1.807) is 37.3 Å². The topological polar surface area (TPSA) is 108 Å². The molecule has 0 aliphatic carbocycles. The number of carbonyl (C=O) groups is 4. The SMILES string of the molecule is CCC1(c2ccccc2)NC(=O)N(CC(=O)NCC(=O)Nc2ccc(F)c(F)c2F)C1=O. The minimum absolute atomic E-state index is 0.252. The van der Waals surface area contributed by atoms with Crippen molar-refractivity contribution in [2.75, 3.05) is 18.4 Å². The standard InChI is InChI=1S/C21H19F3N4O4/c1-2-21(12-6-4-3-5-7-12)19(31)28(20(32)27-21)11-16(30)25-10-15(29)26-14-9-8-13(22)17(23)18(14)24/h3-9H,2,10-11H2,1H3,(H,25,30)(H,26,29)(H,27,32). The van der Waals surface area contributed by atoms with Crippen molar-refractivity contribution in [3.05, 3.63) is 65.5 Å². The molecule has 5 amide bonds. The van der Waals surface area contributed by atoms with E-state index in [9.17, 15) is 32.3 Å². The van der Waals surface area contributed by atoms with E-state index in [4.69, 9.17) is 0 Å². The summed E-state index contributed by atoms with van der Waals surface area (Å²) in [6.07, 6.45) is 0.252. The summed E-state index contributed by atoms with van der Waals surface area (Å²) in [5, 5.41) is 6.80. The Morgan fingerprint density at radius 3 is 2.34 bits per heavy atom. The van der Waals surface area contributed by atoms with Gasteiger partial charge in [0.2, 0.25) is 11.8 Å². The van der Waals surface area contributed by atoms with Gasteiger partial charge in [-0.15, -0.1) is 0 Å². The number of urea groups is 1. The predicted octanol–water partition coefficient (Wildman–Crippen LogP) is 2.02. The highest BCUT2D eigenvalue weighted by atomic mass is 19.2. The summed E-state index contributed by atoms with van der Waals surface area (Å²) in [4.78, 5) is 50.2. The first kappa shape index (κ1) is 22.8. The van der Waals surface area contributed by atoms with Gasteiger partial charge in [0.05, 0.1) is 12.2 Å². The number of anilines is 1. The molecule has 1 aliphatic rings. The van der Waals surface area contributed by atoms with Crippen molar-refractivity contribution < 1.29 is 32.3 Å². The molecule has 8 nitrogen and oxygen atoms in total. The number of carbonyl (C=O) groups excluding carboxylic acids is 4. The molecule has 32 heavy (non-hydrogen) atoms. The number of hydrogen-bond acceptors (Lipinski definition) is 4. The number of imide groups is 1. The summed E-state index contributed by atoms with van der Waals surface area (Å²) >= 11 is 0. The molecule has 0 radical (unpaired) electrons. The van der Waals surface area contributed by atoms with Gasteiger partial charge in [0.1, 0.15) is 12.1 Å². The highest BCUT2D eigenvalue weighted by Gasteiger charge is 2.51. The second-order valence-corrected chi connectivity index (χ2v) is 6.99. The minimum Gasteiger partial charge on any atom is -0.345 e. The fraction of sp³-hybridized carbons (Fsp3) is 0.238. The quantitative estimate of drug-likeness (QED) is 0.445. The van der Waals surface area contributed by atoms with Crippen molar-refractivity contribution in [2.45, 2.75) is 18.9 Å². The summed E-state index contributed by atoms with van der Waals surface area (Å²) in [7, 11) is 0. The number of benzene rings is 2. The van der Waals surface area contributed by atoms with E-state index in [-0.39, 0.29) is 6.42 Å². The molecule has 1 heterocycles. The second kappa shape index (κ2) is 9.08. The smallest absolute Gasteiger partial charge is 0.325 e. The zero-order chi connectivity index (χ0) is 23.5. The molecule has 0 aromatic heterocycles. The Kier molecular flexibility index (Phi) is 6.47. The average molecular weight is 448 g/mol. The zero-order valence-electron chi connectivity index (χ0n) is 16.9. The van der Waals surface area contributed by atoms with Gasteiger partial charge in [-0.3, -0.25) is 19.3 Å². The summed E-state index contributed by atoms with van der Waals surface area (Å²) < 4.78 is 39.8. The van der Waals surface area contributed by atoms with Crippen LogP contribution in [0.5, 0.6) is 0 Å². The van der Waals surface area contributed by atoms with E-state index in [1.165, 1.54) is 0 Å². The molecule has 2 aromatic carbocycles. The van der Waals surface area contributed by atoms with Gasteiger partial charge >= 0.3 is 6.03 Å². The highest BCUT2D eigenvalue weighted by molar-refractivity contribution is 6.09. The molecule has 1 fully saturated rings. The summed E-state index contributed by atoms with van der Waals surface area (Å²) in [5.74, 6) is -7.10. The average Bonchev–Trinajstić information content (AvgIpc) is 3.04. The van der Waals surface area contributed by atoms with Crippen molar-refractivity contribution in [3.63, 3.8) is 0 Å². The molecule has 11 heteroatoms. The number of hydrogen-bond donors (Lipinski definition) is 3. The van der Waals surface area contributed by atoms with Gasteiger partial charge < -0.3 is 16.0 Å². The number of nitrogens with one attached hydrogen (secondary N) is 3. The molecule has 3 N–H and O–H groups in total. The van der Waals surface area contributed by atoms with E-state index < -0.39 is 65.5 Å². The fourth-order valence-corrected chi connectivity index (χ4v) is 3.33. The monoisotopic (exact) mass is 448 g/mol. The summed E-state index contributed by atoms with van der Waals surface area (Å²) in [5.41, 5.74) is -1.34. The van der Waals surface area contributed by atoms with Crippen LogP contribution in [0.15, 0.2) is 42.5 Å². The lowest BCUT2D eigenvalue weighted by atomic mass is 9.87. The van der Waals surface area contributed by atoms with Crippen molar-refractivity contribution in [2.24, 2.45) is 0 Å². The predicted molar refractivity (Wildman–Crippen MR) is 107 cm³/mol. The lowest BCUT2D eigenvalue weighted by Gasteiger charge is -2.25. The lowest BCUT2D eigenvalue weighted by Crippen LogP contribution is -2.45. The molecular weight excluding hydrogens is 429 g/mol. The van der Waals surface area contributed by atoms with Crippen LogP contribution in [0.25, 0.3) is 0 Å². The van der Waals surface area contributed by atoms with Gasteiger partial charge in [-0.25, -0.2) is 18.0 Å². The van der Waals surface area contributed by atoms with E-state index in [0.29, 0.717) is 11.6 Å². The zero-order valence-corrected chi connectivity index (χ0v) is 16.9. The summed E-state index contributed by atoms with van der Waals surface area (Å²) in [6.45, 7) is 0.418. The first-order chi connectivity index (χ1) is 15.2. The van der Waals surface area contributed by atoms with Crippen LogP contribution in [0, 0.1) is 17.5 Å². The number of nitrogens with zero attached hydrogens (tertiary/aromatic N) is 1. The number of rotatable bonds is 7. The van der Waals surface area contributed by atoms with E-state index in [1.807, 2.05) is 5.32 Å². The maximum absolute atomic E-state index is 13.6. The molecular formula is C21H19F3N4O4. The van der Waals surface area contributed by atoms with Crippen molar-refractivity contribution in [1.29, 1.82) is 0 Å². The van der Waals surface area contributed by atoms with Crippen LogP contribution in [0.3, 0.4) is 0 Å². The lowest BCUT2D eigenvalue weighted by molar-refractivity contribution is -0.135. The Bertz CT molecular complexity index is 1080. The minimum atomic E-state index is -1.75. The molecule has 0 saturated carbocycles. The molecule has 1 atom stereocenters. The Morgan fingerprint density at radius 1 is 1.00 bits per heavy atom. The van der Waals surface area contributed by atoms with Crippen molar-refractivity contribution in [1.82, 2.24) is 15.5 Å². The molecule has 0 bridgehead atoms. The molecule has 3 rings (SSSR count). The first-order valence-corrected chi connectivity index (χ1v) is 9.59. The largest absolute Gasteiger partial charge is 0.345 e. The third-order valence-corrected chi connectivity index (χ3v) is 5.03. The van der Waals surface area contributed by atoms with Gasteiger partial charge in [-0.05, 0) is 24.1 Å². The van der Waals surface area contributed by atoms with Crippen LogP contribution < -0.4 is 16.0 Å². The Hall–Kier alpha value is -3.89. The molecule has 1 saturated heterocycles. The maximum Gasteiger partial charge on any atom is 0.325 e. The Morgan fingerprint density at radius 2 is 1.69 bits per heavy atom. The van der Waals surface area contributed by atoms with E-state index >= 15 is 0 Å². The van der Waals surface area contributed by atoms with Gasteiger partial charge in [-0.1, -0.05) is 37.3 Å². The van der Waals surface area contributed by atoms with Crippen LogP contribution in [0.2, 0.25) is 0 Å². The summed E-state index contributed by atoms with van der Waals surface area (Å²) in [6, 6.07) is 9.28. The fourth-order valence-electron chi connectivity index (χ4n) is 3.33. The van der Waals surface area contributed by atoms with Crippen LogP contribution in [-0.2, 0) is 19.9 Å². The molecule has 2 aromatic rings. The van der Waals surface area contributed by atoms with Gasteiger partial charge in [-0.2, -0.15) is 0 Å². The van der Waals surface area contributed by atoms with Crippen LogP contribution in [0.1, 0.15) is 18.9 Å². The Balaban J connectivity index is 1.60. The maximum atomic E-state index is 13.6. The number of halogens is 3. The second-order valence-electron chi connectivity index (χ2n) is 6.99. The molecule has 168 valence electrons. The van der Waals surface area contributed by atoms with Gasteiger partial charge in [0.15, 0.2) is 17.5 Å².